The molecule has 0 radical (unpaired) electrons. The highest BCUT2D eigenvalue weighted by molar-refractivity contribution is 6.05. The van der Waals surface area contributed by atoms with Crippen molar-refractivity contribution >= 4 is 11.6 Å². The lowest BCUT2D eigenvalue weighted by molar-refractivity contribution is 0.102. The Hall–Kier alpha value is -3.81. The lowest BCUT2D eigenvalue weighted by Gasteiger charge is -2.10. The summed E-state index contributed by atoms with van der Waals surface area (Å²) in [6.07, 6.45) is 3.02. The van der Waals surface area contributed by atoms with Gasteiger partial charge >= 0.3 is 0 Å². The molecule has 0 aliphatic heterocycles. The van der Waals surface area contributed by atoms with Crippen molar-refractivity contribution in [1.82, 2.24) is 24.9 Å². The smallest absolute Gasteiger partial charge is 0.257 e. The van der Waals surface area contributed by atoms with Crippen LogP contribution in [-0.2, 0) is 0 Å². The summed E-state index contributed by atoms with van der Waals surface area (Å²) >= 11 is 0. The fourth-order valence-electron chi connectivity index (χ4n) is 2.48. The van der Waals surface area contributed by atoms with E-state index in [0.717, 1.165) is 11.3 Å². The van der Waals surface area contributed by atoms with E-state index >= 15 is 0 Å². The molecular weight excluding hydrogens is 332 g/mol. The molecule has 1 amide bonds. The summed E-state index contributed by atoms with van der Waals surface area (Å²) in [6, 6.07) is 14.3. The van der Waals surface area contributed by atoms with Gasteiger partial charge in [0.15, 0.2) is 5.82 Å². The second kappa shape index (κ2) is 6.60. The van der Waals surface area contributed by atoms with Crippen molar-refractivity contribution in [3.05, 3.63) is 72.6 Å². The highest BCUT2D eigenvalue weighted by Crippen LogP contribution is 2.21. The van der Waals surface area contributed by atoms with Gasteiger partial charge in [-0.3, -0.25) is 4.79 Å². The van der Waals surface area contributed by atoms with Crippen LogP contribution < -0.4 is 5.32 Å². The number of rotatable bonds is 4. The maximum absolute atomic E-state index is 12.6. The average Bonchev–Trinajstić information content (AvgIpc) is 3.34. The van der Waals surface area contributed by atoms with Crippen LogP contribution in [-0.4, -0.2) is 30.8 Å². The van der Waals surface area contributed by atoms with Gasteiger partial charge in [-0.15, -0.1) is 0 Å². The Morgan fingerprint density at radius 3 is 2.62 bits per heavy atom. The second-order valence-corrected chi connectivity index (χ2v) is 5.54. The topological polar surface area (TPSA) is 98.7 Å². The van der Waals surface area contributed by atoms with Crippen LogP contribution in [0.2, 0.25) is 0 Å². The number of para-hydroxylation sites is 2. The number of aromatic nitrogens is 5. The zero-order valence-electron chi connectivity index (χ0n) is 13.8. The first kappa shape index (κ1) is 15.7. The van der Waals surface area contributed by atoms with Crippen LogP contribution in [0.4, 0.5) is 5.69 Å². The van der Waals surface area contributed by atoms with E-state index in [1.165, 1.54) is 6.33 Å². The minimum Gasteiger partial charge on any atom is -0.334 e. The summed E-state index contributed by atoms with van der Waals surface area (Å²) < 4.78 is 6.72. The molecule has 0 atom stereocenters. The Morgan fingerprint density at radius 2 is 1.92 bits per heavy atom. The normalized spacial score (nSPS) is 10.7. The Bertz CT molecular complexity index is 1040. The van der Waals surface area contributed by atoms with Gasteiger partial charge in [-0.05, 0) is 43.3 Å². The molecule has 0 spiro atoms. The SMILES string of the molecule is Cc1noc(-c2ccc(C(=O)Nc3ccccc3-n3cncn3)cc2)n1. The first-order valence-electron chi connectivity index (χ1n) is 7.87. The minimum absolute atomic E-state index is 0.231. The van der Waals surface area contributed by atoms with Crippen molar-refractivity contribution in [2.24, 2.45) is 0 Å². The van der Waals surface area contributed by atoms with Crippen molar-refractivity contribution in [2.45, 2.75) is 6.92 Å². The zero-order chi connectivity index (χ0) is 17.9. The second-order valence-electron chi connectivity index (χ2n) is 5.54. The van der Waals surface area contributed by atoms with Crippen molar-refractivity contribution in [1.29, 1.82) is 0 Å². The van der Waals surface area contributed by atoms with Gasteiger partial charge in [0, 0.05) is 11.1 Å². The van der Waals surface area contributed by atoms with Gasteiger partial charge in [0.1, 0.15) is 12.7 Å². The number of benzene rings is 2. The molecule has 0 aliphatic rings. The molecule has 0 saturated heterocycles. The third-order valence-corrected chi connectivity index (χ3v) is 3.74. The number of aryl methyl sites for hydroxylation is 1. The quantitative estimate of drug-likeness (QED) is 0.610. The van der Waals surface area contributed by atoms with Gasteiger partial charge < -0.3 is 9.84 Å². The standard InChI is InChI=1S/C18H14N6O2/c1-12-21-18(26-23-12)14-8-6-13(7-9-14)17(25)22-15-4-2-3-5-16(15)24-11-19-10-20-24/h2-11H,1H3,(H,22,25). The van der Waals surface area contributed by atoms with Crippen LogP contribution in [0.1, 0.15) is 16.2 Å². The third kappa shape index (κ3) is 3.07. The predicted octanol–water partition coefficient (Wildman–Crippen LogP) is 2.88. The minimum atomic E-state index is -0.231. The number of nitrogens with zero attached hydrogens (tertiary/aromatic N) is 5. The zero-order valence-corrected chi connectivity index (χ0v) is 13.8. The van der Waals surface area contributed by atoms with E-state index in [2.05, 4.69) is 25.5 Å². The van der Waals surface area contributed by atoms with E-state index < -0.39 is 0 Å². The molecule has 0 aliphatic carbocycles. The van der Waals surface area contributed by atoms with Crippen LogP contribution in [0.25, 0.3) is 17.1 Å². The van der Waals surface area contributed by atoms with Gasteiger partial charge in [0.05, 0.1) is 11.4 Å². The molecule has 2 heterocycles. The molecule has 0 saturated carbocycles. The molecular formula is C18H14N6O2. The van der Waals surface area contributed by atoms with E-state index in [0.29, 0.717) is 23.0 Å². The summed E-state index contributed by atoms with van der Waals surface area (Å²) in [5.74, 6) is 0.753. The summed E-state index contributed by atoms with van der Waals surface area (Å²) in [4.78, 5) is 20.7. The average molecular weight is 346 g/mol. The van der Waals surface area contributed by atoms with Gasteiger partial charge in [0.2, 0.25) is 0 Å². The monoisotopic (exact) mass is 346 g/mol. The van der Waals surface area contributed by atoms with Gasteiger partial charge in [0.25, 0.3) is 11.8 Å². The van der Waals surface area contributed by atoms with Crippen molar-refractivity contribution < 1.29 is 9.32 Å². The Kier molecular flexibility index (Phi) is 3.98. The molecule has 4 rings (SSSR count). The van der Waals surface area contributed by atoms with Crippen LogP contribution in [0.15, 0.2) is 65.7 Å². The number of nitrogens with one attached hydrogen (secondary N) is 1. The van der Waals surface area contributed by atoms with Crippen molar-refractivity contribution in [3.8, 4) is 17.1 Å². The summed E-state index contributed by atoms with van der Waals surface area (Å²) in [5, 5.41) is 10.8. The predicted molar refractivity (Wildman–Crippen MR) is 93.8 cm³/mol. The van der Waals surface area contributed by atoms with E-state index in [1.54, 1.807) is 42.2 Å². The number of amides is 1. The number of hydrogen-bond acceptors (Lipinski definition) is 6. The van der Waals surface area contributed by atoms with Gasteiger partial charge in [-0.1, -0.05) is 17.3 Å². The number of carbonyl (C=O) groups is 1. The van der Waals surface area contributed by atoms with Crippen LogP contribution >= 0.6 is 0 Å². The Morgan fingerprint density at radius 1 is 1.12 bits per heavy atom. The molecule has 26 heavy (non-hydrogen) atoms. The molecule has 2 aromatic heterocycles. The summed E-state index contributed by atoms with van der Waals surface area (Å²) in [5.41, 5.74) is 2.64. The number of hydrogen-bond donors (Lipinski definition) is 1. The van der Waals surface area contributed by atoms with Crippen molar-refractivity contribution in [3.63, 3.8) is 0 Å². The molecule has 8 nitrogen and oxygen atoms in total. The van der Waals surface area contributed by atoms with Crippen molar-refractivity contribution in [2.75, 3.05) is 5.32 Å². The third-order valence-electron chi connectivity index (χ3n) is 3.74. The maximum Gasteiger partial charge on any atom is 0.257 e. The van der Waals surface area contributed by atoms with Gasteiger partial charge in [-0.25, -0.2) is 9.67 Å². The fourth-order valence-corrected chi connectivity index (χ4v) is 2.48. The molecule has 0 unspecified atom stereocenters. The molecule has 128 valence electrons. The van der Waals surface area contributed by atoms with Crippen LogP contribution in [0.5, 0.6) is 0 Å². The molecule has 4 aromatic rings. The number of carbonyl (C=O) groups excluding carboxylic acids is 1. The Labute approximate surface area is 148 Å². The number of anilines is 1. The lowest BCUT2D eigenvalue weighted by atomic mass is 10.1. The molecule has 0 fully saturated rings. The largest absolute Gasteiger partial charge is 0.334 e. The fraction of sp³-hybridized carbons (Fsp3) is 0.0556. The first-order valence-corrected chi connectivity index (χ1v) is 7.87. The van der Waals surface area contributed by atoms with Crippen LogP contribution in [0.3, 0.4) is 0 Å². The maximum atomic E-state index is 12.6. The van der Waals surface area contributed by atoms with E-state index in [1.807, 2.05) is 24.3 Å². The highest BCUT2D eigenvalue weighted by atomic mass is 16.5. The van der Waals surface area contributed by atoms with E-state index in [-0.39, 0.29) is 5.91 Å². The summed E-state index contributed by atoms with van der Waals surface area (Å²) in [6.45, 7) is 1.75. The van der Waals surface area contributed by atoms with E-state index in [9.17, 15) is 4.79 Å². The van der Waals surface area contributed by atoms with Crippen LogP contribution in [0, 0.1) is 6.92 Å². The first-order chi connectivity index (χ1) is 12.7. The molecule has 1 N–H and O–H groups in total. The summed E-state index contributed by atoms with van der Waals surface area (Å²) in [7, 11) is 0. The molecule has 2 aromatic carbocycles. The Balaban J connectivity index is 1.56. The van der Waals surface area contributed by atoms with E-state index in [4.69, 9.17) is 4.52 Å². The molecule has 8 heteroatoms. The van der Waals surface area contributed by atoms with Gasteiger partial charge in [-0.2, -0.15) is 10.1 Å². The lowest BCUT2D eigenvalue weighted by Crippen LogP contribution is -2.14. The highest BCUT2D eigenvalue weighted by Gasteiger charge is 2.12. The molecule has 0 bridgehead atoms.